The number of amides is 2. The van der Waals surface area contributed by atoms with Crippen LogP contribution in [-0.4, -0.2) is 31.2 Å². The predicted octanol–water partition coefficient (Wildman–Crippen LogP) is 3.33. The van der Waals surface area contributed by atoms with Crippen LogP contribution in [0.5, 0.6) is 5.75 Å². The molecule has 30 heavy (non-hydrogen) atoms. The SMILES string of the molecule is COc1ccc(C2CCC3=C(CCN(c4ccccc4)C3=O)C(C(N)=O)=N2)cc1F. The van der Waals surface area contributed by atoms with E-state index in [4.69, 9.17) is 10.5 Å². The van der Waals surface area contributed by atoms with Gasteiger partial charge in [-0.3, -0.25) is 14.6 Å². The van der Waals surface area contributed by atoms with Gasteiger partial charge in [-0.05, 0) is 54.7 Å². The molecule has 1 atom stereocenters. The lowest BCUT2D eigenvalue weighted by molar-refractivity contribution is -0.115. The number of carbonyl (C=O) groups is 2. The first-order chi connectivity index (χ1) is 14.5. The van der Waals surface area contributed by atoms with Crippen LogP contribution < -0.4 is 15.4 Å². The molecule has 0 saturated carbocycles. The van der Waals surface area contributed by atoms with Gasteiger partial charge in [-0.25, -0.2) is 4.39 Å². The van der Waals surface area contributed by atoms with Gasteiger partial charge in [-0.2, -0.15) is 0 Å². The van der Waals surface area contributed by atoms with Crippen LogP contribution in [0, 0.1) is 5.82 Å². The molecule has 4 rings (SSSR count). The maximum Gasteiger partial charge on any atom is 0.267 e. The second kappa shape index (κ2) is 8.10. The third kappa shape index (κ3) is 3.58. The van der Waals surface area contributed by atoms with Gasteiger partial charge in [0.2, 0.25) is 0 Å². The highest BCUT2D eigenvalue weighted by molar-refractivity contribution is 6.46. The first kappa shape index (κ1) is 19.8. The zero-order valence-electron chi connectivity index (χ0n) is 16.6. The number of hydrogen-bond acceptors (Lipinski definition) is 4. The van der Waals surface area contributed by atoms with Crippen molar-refractivity contribution in [3.63, 3.8) is 0 Å². The van der Waals surface area contributed by atoms with E-state index in [0.717, 1.165) is 5.69 Å². The minimum atomic E-state index is -0.677. The van der Waals surface area contributed by atoms with Crippen molar-refractivity contribution in [1.82, 2.24) is 0 Å². The molecule has 0 radical (unpaired) electrons. The molecule has 2 amide bonds. The summed E-state index contributed by atoms with van der Waals surface area (Å²) in [6, 6.07) is 13.5. The Labute approximate surface area is 173 Å². The van der Waals surface area contributed by atoms with Gasteiger partial charge in [0.15, 0.2) is 11.6 Å². The van der Waals surface area contributed by atoms with Crippen molar-refractivity contribution >= 4 is 23.2 Å². The number of anilines is 1. The van der Waals surface area contributed by atoms with Crippen LogP contribution in [0.1, 0.15) is 30.9 Å². The summed E-state index contributed by atoms with van der Waals surface area (Å²) in [4.78, 5) is 31.7. The number of primary amides is 1. The molecule has 154 valence electrons. The molecule has 2 aliphatic heterocycles. The van der Waals surface area contributed by atoms with Gasteiger partial charge in [-0.1, -0.05) is 24.3 Å². The van der Waals surface area contributed by atoms with E-state index in [9.17, 15) is 14.0 Å². The molecule has 0 spiro atoms. The van der Waals surface area contributed by atoms with Crippen LogP contribution in [0.4, 0.5) is 10.1 Å². The Bertz CT molecular complexity index is 1060. The van der Waals surface area contributed by atoms with Crippen molar-refractivity contribution in [3.8, 4) is 5.75 Å². The largest absolute Gasteiger partial charge is 0.494 e. The maximum atomic E-state index is 14.2. The van der Waals surface area contributed by atoms with Crippen molar-refractivity contribution in [2.45, 2.75) is 25.3 Å². The molecule has 0 bridgehead atoms. The first-order valence-corrected chi connectivity index (χ1v) is 9.80. The van der Waals surface area contributed by atoms with Gasteiger partial charge < -0.3 is 15.4 Å². The predicted molar refractivity (Wildman–Crippen MR) is 112 cm³/mol. The average molecular weight is 407 g/mol. The maximum absolute atomic E-state index is 14.2. The third-order valence-electron chi connectivity index (χ3n) is 5.55. The number of methoxy groups -OCH3 is 1. The number of benzene rings is 2. The normalized spacial score (nSPS) is 19.1. The van der Waals surface area contributed by atoms with Crippen LogP contribution in [0.25, 0.3) is 0 Å². The lowest BCUT2D eigenvalue weighted by atomic mass is 9.91. The molecule has 0 aromatic heterocycles. The molecular formula is C23H22FN3O3. The molecule has 7 heteroatoms. The smallest absolute Gasteiger partial charge is 0.267 e. The Kier molecular flexibility index (Phi) is 5.35. The summed E-state index contributed by atoms with van der Waals surface area (Å²) in [7, 11) is 1.40. The lowest BCUT2D eigenvalue weighted by Gasteiger charge is -2.30. The summed E-state index contributed by atoms with van der Waals surface area (Å²) in [5.41, 5.74) is 8.33. The van der Waals surface area contributed by atoms with Gasteiger partial charge in [0.25, 0.3) is 11.8 Å². The number of aliphatic imine (C=N–C) groups is 1. The number of rotatable bonds is 4. The van der Waals surface area contributed by atoms with Crippen LogP contribution in [0.3, 0.4) is 0 Å². The summed E-state index contributed by atoms with van der Waals surface area (Å²) in [5, 5.41) is 0. The van der Waals surface area contributed by atoms with E-state index >= 15 is 0 Å². The number of halogens is 1. The highest BCUT2D eigenvalue weighted by Gasteiger charge is 2.34. The molecule has 2 aliphatic rings. The van der Waals surface area contributed by atoms with Gasteiger partial charge >= 0.3 is 0 Å². The first-order valence-electron chi connectivity index (χ1n) is 9.80. The van der Waals surface area contributed by atoms with E-state index < -0.39 is 17.8 Å². The Morgan fingerprint density at radius 3 is 2.60 bits per heavy atom. The van der Waals surface area contributed by atoms with E-state index in [-0.39, 0.29) is 17.4 Å². The van der Waals surface area contributed by atoms with Crippen molar-refractivity contribution in [3.05, 3.63) is 71.1 Å². The zero-order chi connectivity index (χ0) is 21.3. The second-order valence-corrected chi connectivity index (χ2v) is 7.29. The minimum absolute atomic E-state index is 0.116. The quantitative estimate of drug-likeness (QED) is 0.844. The Hall–Kier alpha value is -3.48. The molecule has 1 unspecified atom stereocenters. The summed E-state index contributed by atoms with van der Waals surface area (Å²) >= 11 is 0. The van der Waals surface area contributed by atoms with E-state index in [0.29, 0.717) is 42.5 Å². The molecular weight excluding hydrogens is 385 g/mol. The van der Waals surface area contributed by atoms with E-state index in [2.05, 4.69) is 4.99 Å². The molecule has 2 heterocycles. The topological polar surface area (TPSA) is 85.0 Å². The van der Waals surface area contributed by atoms with Gasteiger partial charge in [0.05, 0.1) is 13.2 Å². The fourth-order valence-corrected chi connectivity index (χ4v) is 4.06. The summed E-state index contributed by atoms with van der Waals surface area (Å²) in [5.74, 6) is -1.18. The van der Waals surface area contributed by atoms with Crippen LogP contribution in [0.15, 0.2) is 64.7 Å². The van der Waals surface area contributed by atoms with Gasteiger partial charge in [0.1, 0.15) is 5.71 Å². The molecule has 2 N–H and O–H groups in total. The number of carbonyl (C=O) groups excluding carboxylic acids is 2. The third-order valence-corrected chi connectivity index (χ3v) is 5.55. The molecule has 0 aliphatic carbocycles. The molecule has 0 fully saturated rings. The van der Waals surface area contributed by atoms with Crippen molar-refractivity contribution in [1.29, 1.82) is 0 Å². The Morgan fingerprint density at radius 2 is 1.93 bits per heavy atom. The summed E-state index contributed by atoms with van der Waals surface area (Å²) < 4.78 is 19.2. The molecule has 6 nitrogen and oxygen atoms in total. The lowest BCUT2D eigenvalue weighted by Crippen LogP contribution is -2.40. The number of nitrogens with zero attached hydrogens (tertiary/aromatic N) is 2. The highest BCUT2D eigenvalue weighted by Crippen LogP contribution is 2.36. The van der Waals surface area contributed by atoms with Crippen LogP contribution in [0.2, 0.25) is 0 Å². The molecule has 2 aromatic rings. The molecule has 2 aromatic carbocycles. The fraction of sp³-hybridized carbons (Fsp3) is 0.261. The van der Waals surface area contributed by atoms with Crippen molar-refractivity contribution in [2.24, 2.45) is 10.7 Å². The summed E-state index contributed by atoms with van der Waals surface area (Å²) in [6.45, 7) is 0.440. The highest BCUT2D eigenvalue weighted by atomic mass is 19.1. The Morgan fingerprint density at radius 1 is 1.17 bits per heavy atom. The van der Waals surface area contributed by atoms with E-state index in [1.807, 2.05) is 30.3 Å². The van der Waals surface area contributed by atoms with Crippen LogP contribution in [-0.2, 0) is 9.59 Å². The Balaban J connectivity index is 1.69. The van der Waals surface area contributed by atoms with Crippen LogP contribution >= 0.6 is 0 Å². The standard InChI is InChI=1S/C23H22FN3O3/c1-30-20-10-7-14(13-18(20)24)19-9-8-17-16(21(26-19)22(25)28)11-12-27(23(17)29)15-5-3-2-4-6-15/h2-7,10,13,19H,8-9,11-12H2,1H3,(H2,25,28). The van der Waals surface area contributed by atoms with Crippen molar-refractivity contribution in [2.75, 3.05) is 18.6 Å². The zero-order valence-corrected chi connectivity index (χ0v) is 16.6. The number of hydrogen-bond donors (Lipinski definition) is 1. The van der Waals surface area contributed by atoms with Gasteiger partial charge in [-0.15, -0.1) is 0 Å². The monoisotopic (exact) mass is 407 g/mol. The van der Waals surface area contributed by atoms with Gasteiger partial charge in [0, 0.05) is 17.8 Å². The number of para-hydroxylation sites is 1. The summed E-state index contributed by atoms with van der Waals surface area (Å²) in [6.07, 6.45) is 1.38. The molecule has 0 saturated heterocycles. The minimum Gasteiger partial charge on any atom is -0.494 e. The fourth-order valence-electron chi connectivity index (χ4n) is 4.06. The number of ether oxygens (including phenoxy) is 1. The number of nitrogens with two attached hydrogens (primary N) is 1. The van der Waals surface area contributed by atoms with E-state index in [1.165, 1.54) is 19.2 Å². The average Bonchev–Trinajstić information content (AvgIpc) is 2.95. The second-order valence-electron chi connectivity index (χ2n) is 7.29. The van der Waals surface area contributed by atoms with E-state index in [1.54, 1.807) is 11.0 Å². The van der Waals surface area contributed by atoms with Crippen molar-refractivity contribution < 1.29 is 18.7 Å².